The van der Waals surface area contributed by atoms with E-state index in [1.54, 1.807) is 0 Å². The molecule has 0 N–H and O–H groups in total. The minimum Gasteiger partial charge on any atom is -0.319 e. The molecule has 6 heteroatoms. The van der Waals surface area contributed by atoms with Crippen molar-refractivity contribution in [3.8, 4) is 28.2 Å². The van der Waals surface area contributed by atoms with Crippen molar-refractivity contribution in [3.63, 3.8) is 0 Å². The fourth-order valence-electron chi connectivity index (χ4n) is 8.76. The van der Waals surface area contributed by atoms with Crippen molar-refractivity contribution in [2.75, 3.05) is 0 Å². The quantitative estimate of drug-likeness (QED) is 0.162. The van der Waals surface area contributed by atoms with Crippen LogP contribution in [0, 0.1) is 19.7 Å². The van der Waals surface area contributed by atoms with E-state index in [2.05, 4.69) is 143 Å². The maximum atomic E-state index is 8.23. The summed E-state index contributed by atoms with van der Waals surface area (Å²) in [6.07, 6.45) is 0. The fraction of sp³-hybridized carbons (Fsp3) is 0. The lowest BCUT2D eigenvalue weighted by Gasteiger charge is -2.13. The summed E-state index contributed by atoms with van der Waals surface area (Å²) in [7, 11) is 0. The number of benzene rings is 8. The monoisotopic (exact) mass is 724 g/mol. The largest absolute Gasteiger partial charge is 0.319 e. The molecule has 6 nitrogen and oxygen atoms in total. The molecule has 0 atom stereocenters. The molecular formula is C51H28N6. The number of fused-ring (bicyclic) bond motifs is 9. The van der Waals surface area contributed by atoms with Crippen LogP contribution in [0.4, 0.5) is 17.1 Å². The molecule has 57 heavy (non-hydrogen) atoms. The van der Waals surface area contributed by atoms with Gasteiger partial charge >= 0.3 is 0 Å². The fourth-order valence-corrected chi connectivity index (χ4v) is 8.76. The second kappa shape index (κ2) is 12.3. The van der Waals surface area contributed by atoms with Crippen LogP contribution < -0.4 is 0 Å². The summed E-state index contributed by atoms with van der Waals surface area (Å²) in [4.78, 5) is 11.5. The van der Waals surface area contributed by atoms with Crippen molar-refractivity contribution in [1.29, 1.82) is 0 Å². The van der Waals surface area contributed by atoms with Crippen LogP contribution in [0.5, 0.6) is 0 Å². The zero-order valence-corrected chi connectivity index (χ0v) is 30.3. The normalized spacial score (nSPS) is 11.5. The van der Waals surface area contributed by atoms with Crippen LogP contribution in [-0.2, 0) is 0 Å². The third kappa shape index (κ3) is 4.74. The Morgan fingerprint density at radius 3 is 1.49 bits per heavy atom. The van der Waals surface area contributed by atoms with Gasteiger partial charge in [-0.25, -0.2) is 14.5 Å². The third-order valence-electron chi connectivity index (χ3n) is 11.3. The van der Waals surface area contributed by atoms with E-state index in [4.69, 9.17) is 19.7 Å². The molecule has 3 aromatic heterocycles. The number of aromatic nitrogens is 3. The molecule has 0 aliphatic heterocycles. The maximum Gasteiger partial charge on any atom is 0.211 e. The topological polar surface area (TPSA) is 27.9 Å². The average molecular weight is 725 g/mol. The Labute approximate surface area is 327 Å². The molecule has 11 rings (SSSR count). The lowest BCUT2D eigenvalue weighted by atomic mass is 10.0. The predicted octanol–water partition coefficient (Wildman–Crippen LogP) is 14.3. The first-order valence-electron chi connectivity index (χ1n) is 18.6. The van der Waals surface area contributed by atoms with Gasteiger partial charge in [0.15, 0.2) is 11.4 Å². The van der Waals surface area contributed by atoms with Crippen LogP contribution in [0.25, 0.3) is 108 Å². The molecule has 0 aliphatic carbocycles. The molecule has 262 valence electrons. The molecule has 0 fully saturated rings. The summed E-state index contributed by atoms with van der Waals surface area (Å²) in [6, 6.07) is 58.1. The van der Waals surface area contributed by atoms with Crippen molar-refractivity contribution in [3.05, 3.63) is 204 Å². The zero-order chi connectivity index (χ0) is 38.2. The first-order chi connectivity index (χ1) is 28.1. The van der Waals surface area contributed by atoms with Crippen molar-refractivity contribution in [2.45, 2.75) is 0 Å². The van der Waals surface area contributed by atoms with E-state index in [-0.39, 0.29) is 0 Å². The molecule has 11 aromatic rings. The third-order valence-corrected chi connectivity index (χ3v) is 11.3. The van der Waals surface area contributed by atoms with E-state index >= 15 is 0 Å². The zero-order valence-electron chi connectivity index (χ0n) is 30.3. The Morgan fingerprint density at radius 1 is 0.316 bits per heavy atom. The highest BCUT2D eigenvalue weighted by atomic mass is 15.0. The summed E-state index contributed by atoms with van der Waals surface area (Å²) in [6.45, 7) is 23.6. The first-order valence-corrected chi connectivity index (χ1v) is 18.6. The van der Waals surface area contributed by atoms with E-state index in [1.165, 1.54) is 10.8 Å². The van der Waals surface area contributed by atoms with Crippen LogP contribution in [-0.4, -0.2) is 13.7 Å². The number of rotatable bonds is 4. The molecule has 0 amide bonds. The van der Waals surface area contributed by atoms with Gasteiger partial charge in [-0.3, -0.25) is 0 Å². The summed E-state index contributed by atoms with van der Waals surface area (Å²) in [5.74, 6) is 0. The van der Waals surface area contributed by atoms with Crippen LogP contribution >= 0.6 is 0 Å². The Balaban J connectivity index is 1.03. The molecular weight excluding hydrogens is 697 g/mol. The van der Waals surface area contributed by atoms with Gasteiger partial charge in [-0.2, -0.15) is 0 Å². The van der Waals surface area contributed by atoms with E-state index in [9.17, 15) is 0 Å². The SMILES string of the molecule is [C-]#[N+]c1ccc2c(c1)c1ccccc1n2-c1ccc(-c2ccc(-n3c4ccc(-n5c6ccccc6c6ccccc65)cc4c4ccc([N+]#[C-])cc43)cc2)cc1[N+]#[C-]. The number of para-hydroxylation sites is 3. The Morgan fingerprint density at radius 2 is 0.807 bits per heavy atom. The summed E-state index contributed by atoms with van der Waals surface area (Å²) < 4.78 is 6.71. The highest BCUT2D eigenvalue weighted by Gasteiger charge is 2.19. The second-order valence-corrected chi connectivity index (χ2v) is 14.2. The standard InChI is InChI=1S/C51H28N6/c1-52-34-20-26-49-42(29-34)40-12-6-9-15-47(40)57(49)50-25-18-33(28-44(50)54-3)32-16-21-36(22-17-32)55-48-27-23-37(31-43(48)41-24-19-35(53-2)30-51(41)55)56-45-13-7-4-10-38(45)39-11-5-8-14-46(39)56/h4-31H. The summed E-state index contributed by atoms with van der Waals surface area (Å²) in [5.41, 5.74) is 12.8. The lowest BCUT2D eigenvalue weighted by Crippen LogP contribution is -1.96. The van der Waals surface area contributed by atoms with Gasteiger partial charge in [-0.05, 0) is 95.4 Å². The van der Waals surface area contributed by atoms with Crippen LogP contribution in [0.15, 0.2) is 170 Å². The average Bonchev–Trinajstić information content (AvgIpc) is 3.91. The van der Waals surface area contributed by atoms with Crippen LogP contribution in [0.3, 0.4) is 0 Å². The molecule has 0 unspecified atom stereocenters. The number of hydrogen-bond acceptors (Lipinski definition) is 0. The van der Waals surface area contributed by atoms with Gasteiger partial charge in [-0.15, -0.1) is 0 Å². The molecule has 8 aromatic carbocycles. The van der Waals surface area contributed by atoms with Gasteiger partial charge in [0.2, 0.25) is 5.69 Å². The minimum atomic E-state index is 0.543. The lowest BCUT2D eigenvalue weighted by molar-refractivity contribution is 1.17. The van der Waals surface area contributed by atoms with Gasteiger partial charge in [0, 0.05) is 43.8 Å². The maximum absolute atomic E-state index is 8.23. The van der Waals surface area contributed by atoms with E-state index in [0.29, 0.717) is 17.1 Å². The molecule has 0 spiro atoms. The van der Waals surface area contributed by atoms with Crippen molar-refractivity contribution in [2.24, 2.45) is 0 Å². The highest BCUT2D eigenvalue weighted by molar-refractivity contribution is 6.13. The number of nitrogens with zero attached hydrogens (tertiary/aromatic N) is 6. The van der Waals surface area contributed by atoms with Gasteiger partial charge in [0.1, 0.15) is 0 Å². The molecule has 0 aliphatic rings. The number of hydrogen-bond donors (Lipinski definition) is 0. The van der Waals surface area contributed by atoms with Gasteiger partial charge in [0.05, 0.1) is 53.0 Å². The molecule has 0 saturated carbocycles. The van der Waals surface area contributed by atoms with Crippen molar-refractivity contribution in [1.82, 2.24) is 13.7 Å². The minimum absolute atomic E-state index is 0.543. The van der Waals surface area contributed by atoms with Crippen molar-refractivity contribution < 1.29 is 0 Å². The second-order valence-electron chi connectivity index (χ2n) is 14.2. The van der Waals surface area contributed by atoms with E-state index in [1.807, 2.05) is 54.6 Å². The van der Waals surface area contributed by atoms with E-state index in [0.717, 1.165) is 82.8 Å². The Bertz CT molecular complexity index is 3560. The Kier molecular flexibility index (Phi) is 6.95. The summed E-state index contributed by atoms with van der Waals surface area (Å²) >= 11 is 0. The van der Waals surface area contributed by atoms with Gasteiger partial charge in [0.25, 0.3) is 0 Å². The molecule has 0 radical (unpaired) electrons. The molecule has 0 saturated heterocycles. The smallest absolute Gasteiger partial charge is 0.211 e. The highest BCUT2D eigenvalue weighted by Crippen LogP contribution is 2.41. The van der Waals surface area contributed by atoms with Crippen molar-refractivity contribution >= 4 is 82.5 Å². The van der Waals surface area contributed by atoms with Gasteiger partial charge < -0.3 is 13.7 Å². The van der Waals surface area contributed by atoms with Gasteiger partial charge in [-0.1, -0.05) is 91.0 Å². The predicted molar refractivity (Wildman–Crippen MR) is 234 cm³/mol. The molecule has 0 bridgehead atoms. The van der Waals surface area contributed by atoms with Crippen LogP contribution in [0.1, 0.15) is 0 Å². The molecule has 3 heterocycles. The Hall–Kier alpha value is -8.37. The summed E-state index contributed by atoms with van der Waals surface area (Å²) in [5, 5.41) is 6.67. The van der Waals surface area contributed by atoms with E-state index < -0.39 is 0 Å². The first kappa shape index (κ1) is 32.1. The van der Waals surface area contributed by atoms with Crippen LogP contribution in [0.2, 0.25) is 0 Å².